The van der Waals surface area contributed by atoms with Crippen molar-refractivity contribution >= 4 is 21.6 Å². The molecule has 3 aromatic heterocycles. The highest BCUT2D eigenvalue weighted by atomic mass is 32.2. The molecule has 5 heterocycles. The van der Waals surface area contributed by atoms with Crippen LogP contribution in [0.4, 0.5) is 0 Å². The number of sulfonamides is 1. The normalized spacial score (nSPS) is 20.4. The van der Waals surface area contributed by atoms with E-state index in [0.717, 1.165) is 84.6 Å². The van der Waals surface area contributed by atoms with Gasteiger partial charge in [-0.2, -0.15) is 9.29 Å². The number of rotatable bonds is 11. The van der Waals surface area contributed by atoms with Crippen LogP contribution in [0.3, 0.4) is 0 Å². The molecule has 2 aliphatic heterocycles. The molecule has 12 nitrogen and oxygen atoms in total. The molecule has 3 fully saturated rings. The van der Waals surface area contributed by atoms with Crippen LogP contribution in [0.15, 0.2) is 41.4 Å². The molecule has 0 radical (unpaired) electrons. The molecule has 4 aromatic rings. The molecule has 1 N–H and O–H groups in total. The number of hydrogen-bond acceptors (Lipinski definition) is 9. The maximum atomic E-state index is 14.5. The molecule has 1 saturated heterocycles. The fourth-order valence-electron chi connectivity index (χ4n) is 7.95. The molecule has 276 valence electrons. The van der Waals surface area contributed by atoms with E-state index in [0.29, 0.717) is 24.0 Å². The zero-order chi connectivity index (χ0) is 36.6. The summed E-state index contributed by atoms with van der Waals surface area (Å²) >= 11 is 0. The average Bonchev–Trinajstić information content (AvgIpc) is 3.99. The Morgan fingerprint density at radius 2 is 1.83 bits per heavy atom. The molecule has 52 heavy (non-hydrogen) atoms. The number of ether oxygens (including phenoxy) is 2. The largest absolute Gasteiger partial charge is 0.481 e. The molecular weight excluding hydrogens is 681 g/mol. The highest BCUT2D eigenvalue weighted by molar-refractivity contribution is 7.89. The van der Waals surface area contributed by atoms with Gasteiger partial charge in [-0.15, -0.1) is 10.2 Å². The fraction of sp³-hybridized carbons (Fsp3) is 0.538. The van der Waals surface area contributed by atoms with Gasteiger partial charge in [-0.05, 0) is 126 Å². The monoisotopic (exact) mass is 728 g/mol. The lowest BCUT2D eigenvalue weighted by molar-refractivity contribution is -0.147. The van der Waals surface area contributed by atoms with Gasteiger partial charge < -0.3 is 14.6 Å². The lowest BCUT2D eigenvalue weighted by atomic mass is 9.70. The average molecular weight is 729 g/mol. The van der Waals surface area contributed by atoms with Gasteiger partial charge in [0.15, 0.2) is 5.65 Å². The smallest absolute Gasteiger partial charge is 0.310 e. The Morgan fingerprint density at radius 1 is 1.08 bits per heavy atom. The third kappa shape index (κ3) is 6.24. The molecule has 8 rings (SSSR count). The van der Waals surface area contributed by atoms with Gasteiger partial charge in [0.2, 0.25) is 21.8 Å². The topological polar surface area (TPSA) is 139 Å². The fourth-order valence-corrected chi connectivity index (χ4v) is 9.57. The van der Waals surface area contributed by atoms with E-state index in [1.165, 1.54) is 17.1 Å². The first-order valence-corrected chi connectivity index (χ1v) is 19.9. The summed E-state index contributed by atoms with van der Waals surface area (Å²) in [7, 11) is -4.03. The summed E-state index contributed by atoms with van der Waals surface area (Å²) in [5.74, 6) is 0.372. The van der Waals surface area contributed by atoms with E-state index in [1.54, 1.807) is 19.9 Å². The van der Waals surface area contributed by atoms with Crippen molar-refractivity contribution in [1.29, 1.82) is 0 Å². The van der Waals surface area contributed by atoms with Crippen molar-refractivity contribution in [2.75, 3.05) is 32.8 Å². The second kappa shape index (κ2) is 12.8. The zero-order valence-corrected chi connectivity index (χ0v) is 31.5. The van der Waals surface area contributed by atoms with Crippen molar-refractivity contribution in [3.63, 3.8) is 0 Å². The van der Waals surface area contributed by atoms with Gasteiger partial charge >= 0.3 is 5.97 Å². The van der Waals surface area contributed by atoms with Crippen molar-refractivity contribution in [3.8, 4) is 11.8 Å². The lowest BCUT2D eigenvalue weighted by Gasteiger charge is -2.33. The zero-order valence-electron chi connectivity index (χ0n) is 30.7. The van der Waals surface area contributed by atoms with Crippen molar-refractivity contribution in [2.24, 2.45) is 5.41 Å². The van der Waals surface area contributed by atoms with E-state index in [2.05, 4.69) is 20.1 Å². The highest BCUT2D eigenvalue weighted by Gasteiger charge is 2.53. The number of nitrogens with zero attached hydrogens (tertiary/aromatic N) is 6. The number of carbonyl (C=O) groups is 1. The van der Waals surface area contributed by atoms with Crippen molar-refractivity contribution in [1.82, 2.24) is 28.8 Å². The first-order chi connectivity index (χ1) is 24.8. The summed E-state index contributed by atoms with van der Waals surface area (Å²) < 4.78 is 45.0. The number of carboxylic acids is 1. The second-order valence-corrected chi connectivity index (χ2v) is 17.8. The van der Waals surface area contributed by atoms with E-state index >= 15 is 0 Å². The number of likely N-dealkylation sites (tertiary alicyclic amines) is 1. The molecule has 1 aromatic carbocycles. The van der Waals surface area contributed by atoms with Crippen LogP contribution in [0, 0.1) is 26.2 Å². The maximum Gasteiger partial charge on any atom is 0.310 e. The maximum absolute atomic E-state index is 14.5. The molecule has 1 spiro atoms. The summed E-state index contributed by atoms with van der Waals surface area (Å²) in [6.07, 6.45) is 8.00. The Labute approximate surface area is 305 Å². The summed E-state index contributed by atoms with van der Waals surface area (Å²) in [6, 6.07) is 9.54. The Balaban J connectivity index is 1.13. The van der Waals surface area contributed by atoms with Gasteiger partial charge in [-0.3, -0.25) is 14.1 Å². The van der Waals surface area contributed by atoms with E-state index in [-0.39, 0.29) is 23.9 Å². The summed E-state index contributed by atoms with van der Waals surface area (Å²) in [5, 5.41) is 19.6. The third-order valence-electron chi connectivity index (χ3n) is 11.6. The van der Waals surface area contributed by atoms with Gasteiger partial charge in [0.25, 0.3) is 0 Å². The van der Waals surface area contributed by atoms with Gasteiger partial charge in [0.05, 0.1) is 12.0 Å². The third-order valence-corrected chi connectivity index (χ3v) is 13.4. The van der Waals surface area contributed by atoms with Crippen LogP contribution in [0.25, 0.3) is 5.65 Å². The summed E-state index contributed by atoms with van der Waals surface area (Å²) in [5.41, 5.74) is 3.75. The highest BCUT2D eigenvalue weighted by Crippen LogP contribution is 2.48. The molecule has 13 heteroatoms. The van der Waals surface area contributed by atoms with Crippen LogP contribution in [-0.2, 0) is 21.4 Å². The van der Waals surface area contributed by atoms with Gasteiger partial charge in [0.1, 0.15) is 22.9 Å². The number of carboxylic acid groups (broad SMARTS) is 1. The van der Waals surface area contributed by atoms with Crippen LogP contribution in [0.1, 0.15) is 103 Å². The van der Waals surface area contributed by atoms with E-state index in [4.69, 9.17) is 9.47 Å². The molecule has 0 bridgehead atoms. The van der Waals surface area contributed by atoms with E-state index in [1.807, 2.05) is 55.6 Å². The number of pyridine rings is 2. The number of aromatic nitrogens is 4. The van der Waals surface area contributed by atoms with Crippen molar-refractivity contribution in [2.45, 2.75) is 102 Å². The first-order valence-electron chi connectivity index (χ1n) is 18.5. The second-order valence-electron chi connectivity index (χ2n) is 15.9. The van der Waals surface area contributed by atoms with Crippen molar-refractivity contribution < 1.29 is 27.8 Å². The summed E-state index contributed by atoms with van der Waals surface area (Å²) in [6.45, 7) is 12.9. The number of aliphatic carboxylic acids is 1. The Morgan fingerprint density at radius 3 is 2.52 bits per heavy atom. The van der Waals surface area contributed by atoms with E-state index in [9.17, 15) is 18.3 Å². The number of fused-ring (bicyclic) bond motifs is 2. The lowest BCUT2D eigenvalue weighted by Crippen LogP contribution is -2.38. The predicted octanol–water partition coefficient (Wildman–Crippen LogP) is 5.76. The first kappa shape index (κ1) is 35.0. The minimum atomic E-state index is -4.03. The molecule has 2 aliphatic carbocycles. The molecule has 4 aliphatic rings. The Kier molecular flexibility index (Phi) is 8.62. The standard InChI is InChI=1S/C39H48N6O6S/c1-24-8-9-28(32(38(4,5)37(46)47)30-12-17-45-33(26(30)3)41-42-34(45)27-10-11-27)21-29(24)22-44-23-39(13-14-39)51-36-31(52(44,48)49)20-25(2)35(40-36)50-19-18-43-15-6-7-16-43/h8-9,12,17,20-21,27,32H,6-7,10-11,13-16,18-19,22-23H2,1-5H3,(H,46,47)/t32-/m1/s1. The number of hydrogen-bond donors (Lipinski definition) is 1. The molecular formula is C39H48N6O6S. The SMILES string of the molecule is Cc1ccc([C@H](c2ccn3c(C4CC4)nnc3c2C)C(C)(C)C(=O)O)cc1CN1CC2(CC2)Oc2nc(OCCN3CCCC3)c(C)cc2S1(=O)=O. The van der Waals surface area contributed by atoms with Crippen molar-refractivity contribution in [3.05, 3.63) is 75.7 Å². The molecule has 1 atom stereocenters. The molecule has 0 unspecified atom stereocenters. The Hall–Kier alpha value is -4.07. The molecule has 0 amide bonds. The molecule has 2 saturated carbocycles. The van der Waals surface area contributed by atoms with Crippen LogP contribution in [-0.4, -0.2) is 86.7 Å². The van der Waals surface area contributed by atoms with E-state index < -0.39 is 32.9 Å². The number of benzene rings is 1. The quantitative estimate of drug-likeness (QED) is 0.203. The van der Waals surface area contributed by atoms with Crippen LogP contribution in [0.2, 0.25) is 0 Å². The summed E-state index contributed by atoms with van der Waals surface area (Å²) in [4.78, 5) is 19.9. The van der Waals surface area contributed by atoms with Gasteiger partial charge in [0, 0.05) is 36.7 Å². The van der Waals surface area contributed by atoms with Crippen LogP contribution >= 0.6 is 0 Å². The minimum absolute atomic E-state index is 0.0437. The van der Waals surface area contributed by atoms with Crippen LogP contribution in [0.5, 0.6) is 11.8 Å². The van der Waals surface area contributed by atoms with Gasteiger partial charge in [-0.1, -0.05) is 18.2 Å². The van der Waals surface area contributed by atoms with Crippen LogP contribution < -0.4 is 9.47 Å². The Bertz CT molecular complexity index is 2170. The van der Waals surface area contributed by atoms with Gasteiger partial charge in [-0.25, -0.2) is 8.42 Å². The predicted molar refractivity (Wildman–Crippen MR) is 194 cm³/mol. The number of aryl methyl sites for hydroxylation is 3. The minimum Gasteiger partial charge on any atom is -0.481 e.